The van der Waals surface area contributed by atoms with Crippen LogP contribution in [0.25, 0.3) is 0 Å². The highest BCUT2D eigenvalue weighted by molar-refractivity contribution is 5.66. The lowest BCUT2D eigenvalue weighted by atomic mass is 10.1. The van der Waals surface area contributed by atoms with Gasteiger partial charge < -0.3 is 0 Å². The highest BCUT2D eigenvalue weighted by Gasteiger charge is 2.25. The van der Waals surface area contributed by atoms with Crippen LogP contribution in [0.5, 0.6) is 0 Å². The Morgan fingerprint density at radius 1 is 0.778 bits per heavy atom. The van der Waals surface area contributed by atoms with Gasteiger partial charge in [-0.1, -0.05) is 12.8 Å². The van der Waals surface area contributed by atoms with Gasteiger partial charge in [-0.15, -0.1) is 0 Å². The van der Waals surface area contributed by atoms with Gasteiger partial charge >= 0.3 is 0 Å². The van der Waals surface area contributed by atoms with Crippen LogP contribution >= 0.6 is 0 Å². The molecule has 0 unspecified atom stereocenters. The van der Waals surface area contributed by atoms with E-state index in [1.54, 1.807) is 0 Å². The topological polar surface area (TPSA) is 12.4 Å². The Morgan fingerprint density at radius 3 is 1.72 bits per heavy atom. The molecule has 0 atom stereocenters. The summed E-state index contributed by atoms with van der Waals surface area (Å²) in [7, 11) is 0. The van der Waals surface area contributed by atoms with Crippen molar-refractivity contribution in [2.24, 2.45) is 10.9 Å². The summed E-state index contributed by atoms with van der Waals surface area (Å²) in [6.45, 7) is 0. The van der Waals surface area contributed by atoms with E-state index in [1.807, 2.05) is 0 Å². The third-order valence-electron chi connectivity index (χ3n) is 3.00. The predicted octanol–water partition coefficient (Wildman–Crippen LogP) is 4.27. The Morgan fingerprint density at radius 2 is 1.22 bits per heavy atom. The second-order valence-electron chi connectivity index (χ2n) is 4.24. The van der Waals surface area contributed by atoms with Crippen LogP contribution in [-0.2, 0) is 0 Å². The molecule has 18 heavy (non-hydrogen) atoms. The summed E-state index contributed by atoms with van der Waals surface area (Å²) in [5.74, 6) is -9.83. The van der Waals surface area contributed by atoms with Gasteiger partial charge in [0.1, 0.15) is 5.69 Å². The van der Waals surface area contributed by atoms with Gasteiger partial charge in [-0.05, 0) is 18.8 Å². The minimum atomic E-state index is -2.16. The molecule has 2 rings (SSSR count). The molecule has 0 aliphatic heterocycles. The van der Waals surface area contributed by atoms with E-state index in [1.165, 1.54) is 6.21 Å². The molecule has 6 heteroatoms. The molecule has 0 radical (unpaired) electrons. The summed E-state index contributed by atoms with van der Waals surface area (Å²) < 4.78 is 65.0. The Kier molecular flexibility index (Phi) is 3.63. The van der Waals surface area contributed by atoms with E-state index in [0.29, 0.717) is 0 Å². The molecule has 0 amide bonds. The lowest BCUT2D eigenvalue weighted by Gasteiger charge is -2.05. The molecule has 0 aromatic heterocycles. The zero-order chi connectivity index (χ0) is 13.3. The fraction of sp³-hybridized carbons (Fsp3) is 0.417. The summed E-state index contributed by atoms with van der Waals surface area (Å²) >= 11 is 0. The zero-order valence-corrected chi connectivity index (χ0v) is 9.32. The largest absolute Gasteiger partial charge is 0.255 e. The summed E-state index contributed by atoms with van der Waals surface area (Å²) in [4.78, 5) is 3.43. The molecular weight excluding hydrogens is 253 g/mol. The third kappa shape index (κ3) is 2.23. The Bertz CT molecular complexity index is 463. The number of halogens is 5. The number of aliphatic imine (C=N–C) groups is 1. The summed E-state index contributed by atoms with van der Waals surface area (Å²) in [6, 6.07) is 0. The molecule has 1 aliphatic rings. The van der Waals surface area contributed by atoms with E-state index >= 15 is 0 Å². The van der Waals surface area contributed by atoms with Crippen LogP contribution in [0.3, 0.4) is 0 Å². The number of hydrogen-bond donors (Lipinski definition) is 0. The zero-order valence-electron chi connectivity index (χ0n) is 9.32. The molecule has 0 saturated heterocycles. The van der Waals surface area contributed by atoms with Crippen LogP contribution in [0, 0.1) is 35.0 Å². The fourth-order valence-corrected chi connectivity index (χ4v) is 1.99. The monoisotopic (exact) mass is 263 g/mol. The van der Waals surface area contributed by atoms with E-state index < -0.39 is 34.8 Å². The SMILES string of the molecule is Fc1c(F)c(F)c(N=CC2CCCC2)c(F)c1F. The lowest BCUT2D eigenvalue weighted by molar-refractivity contribution is 0.381. The maximum atomic E-state index is 13.2. The standard InChI is InChI=1S/C12H10F5N/c13-7-8(14)10(16)12(11(17)9(7)15)18-5-6-3-1-2-4-6/h5-6H,1-4H2. The minimum absolute atomic E-state index is 0.0416. The second-order valence-corrected chi connectivity index (χ2v) is 4.24. The van der Waals surface area contributed by atoms with Crippen molar-refractivity contribution in [1.82, 2.24) is 0 Å². The number of benzene rings is 1. The van der Waals surface area contributed by atoms with Gasteiger partial charge in [0.15, 0.2) is 23.3 Å². The molecule has 0 bridgehead atoms. The van der Waals surface area contributed by atoms with Crippen LogP contribution in [0.4, 0.5) is 27.6 Å². The van der Waals surface area contributed by atoms with Crippen LogP contribution in [0.15, 0.2) is 4.99 Å². The number of nitrogens with zero attached hydrogens (tertiary/aromatic N) is 1. The average molecular weight is 263 g/mol. The number of hydrogen-bond acceptors (Lipinski definition) is 1. The van der Waals surface area contributed by atoms with Crippen LogP contribution in [0.1, 0.15) is 25.7 Å². The smallest absolute Gasteiger partial charge is 0.200 e. The highest BCUT2D eigenvalue weighted by Crippen LogP contribution is 2.30. The molecule has 1 nitrogen and oxygen atoms in total. The van der Waals surface area contributed by atoms with Gasteiger partial charge in [-0.25, -0.2) is 22.0 Å². The predicted molar refractivity (Wildman–Crippen MR) is 56.3 cm³/mol. The van der Waals surface area contributed by atoms with E-state index in [-0.39, 0.29) is 5.92 Å². The normalized spacial score (nSPS) is 16.9. The van der Waals surface area contributed by atoms with Gasteiger partial charge in [0.05, 0.1) is 0 Å². The van der Waals surface area contributed by atoms with Gasteiger partial charge in [0, 0.05) is 6.21 Å². The first kappa shape index (κ1) is 13.0. The molecule has 1 fully saturated rings. The van der Waals surface area contributed by atoms with Gasteiger partial charge in [-0.2, -0.15) is 0 Å². The molecule has 0 spiro atoms. The van der Waals surface area contributed by atoms with Crippen molar-refractivity contribution in [1.29, 1.82) is 0 Å². The summed E-state index contributed by atoms with van der Waals surface area (Å²) in [6.07, 6.45) is 4.87. The van der Waals surface area contributed by atoms with Gasteiger partial charge in [0.25, 0.3) is 0 Å². The van der Waals surface area contributed by atoms with Gasteiger partial charge in [-0.3, -0.25) is 4.99 Å². The molecular formula is C12H10F5N. The van der Waals surface area contributed by atoms with E-state index in [4.69, 9.17) is 0 Å². The molecule has 0 N–H and O–H groups in total. The third-order valence-corrected chi connectivity index (χ3v) is 3.00. The quantitative estimate of drug-likeness (QED) is 0.327. The molecule has 1 aromatic carbocycles. The van der Waals surface area contributed by atoms with E-state index in [2.05, 4.69) is 4.99 Å². The molecule has 1 aromatic rings. The van der Waals surface area contributed by atoms with Gasteiger partial charge in [0.2, 0.25) is 5.82 Å². The maximum Gasteiger partial charge on any atom is 0.200 e. The first-order valence-corrected chi connectivity index (χ1v) is 5.58. The second kappa shape index (κ2) is 5.04. The van der Waals surface area contributed by atoms with Crippen LogP contribution in [0.2, 0.25) is 0 Å². The van der Waals surface area contributed by atoms with E-state index in [0.717, 1.165) is 25.7 Å². The van der Waals surface area contributed by atoms with Crippen molar-refractivity contribution < 1.29 is 22.0 Å². The lowest BCUT2D eigenvalue weighted by Crippen LogP contribution is -2.01. The molecule has 0 heterocycles. The Labute approximate surface area is 100 Å². The van der Waals surface area contributed by atoms with Crippen molar-refractivity contribution in [3.8, 4) is 0 Å². The van der Waals surface area contributed by atoms with Crippen molar-refractivity contribution in [3.63, 3.8) is 0 Å². The van der Waals surface area contributed by atoms with Crippen molar-refractivity contribution >= 4 is 11.9 Å². The summed E-state index contributed by atoms with van der Waals surface area (Å²) in [5.41, 5.74) is -1.11. The Balaban J connectivity index is 2.38. The Hall–Kier alpha value is -1.46. The van der Waals surface area contributed by atoms with Crippen LogP contribution < -0.4 is 0 Å². The van der Waals surface area contributed by atoms with Crippen LogP contribution in [-0.4, -0.2) is 6.21 Å². The molecule has 98 valence electrons. The maximum absolute atomic E-state index is 13.2. The molecule has 1 saturated carbocycles. The average Bonchev–Trinajstić information content (AvgIpc) is 2.87. The van der Waals surface area contributed by atoms with Crippen molar-refractivity contribution in [2.75, 3.05) is 0 Å². The number of rotatable bonds is 2. The molecule has 1 aliphatic carbocycles. The first-order chi connectivity index (χ1) is 8.52. The van der Waals surface area contributed by atoms with Crippen molar-refractivity contribution in [2.45, 2.75) is 25.7 Å². The van der Waals surface area contributed by atoms with E-state index in [9.17, 15) is 22.0 Å². The minimum Gasteiger partial charge on any atom is -0.255 e. The first-order valence-electron chi connectivity index (χ1n) is 5.58. The summed E-state index contributed by atoms with van der Waals surface area (Å²) in [5, 5.41) is 0. The fourth-order valence-electron chi connectivity index (χ4n) is 1.99. The highest BCUT2D eigenvalue weighted by atomic mass is 19.2. The van der Waals surface area contributed by atoms with Crippen molar-refractivity contribution in [3.05, 3.63) is 29.1 Å².